The van der Waals surface area contributed by atoms with Gasteiger partial charge in [0.25, 0.3) is 5.91 Å². The van der Waals surface area contributed by atoms with Gasteiger partial charge in [-0.3, -0.25) is 9.59 Å². The maximum Gasteiger partial charge on any atom is 0.253 e. The van der Waals surface area contributed by atoms with E-state index >= 15 is 0 Å². The molecule has 5 nitrogen and oxygen atoms in total. The average molecular weight is 428 g/mol. The summed E-state index contributed by atoms with van der Waals surface area (Å²) < 4.78 is 0. The highest BCUT2D eigenvalue weighted by atomic mass is 35.5. The topological polar surface area (TPSA) is 53.9 Å². The summed E-state index contributed by atoms with van der Waals surface area (Å²) >= 11 is 0. The van der Waals surface area contributed by atoms with Crippen LogP contribution in [-0.2, 0) is 17.6 Å². The average Bonchev–Trinajstić information content (AvgIpc) is 2.77. The Bertz CT molecular complexity index is 879. The van der Waals surface area contributed by atoms with Crippen LogP contribution in [0.15, 0.2) is 48.5 Å². The lowest BCUT2D eigenvalue weighted by atomic mass is 9.98. The molecule has 1 unspecified atom stereocenters. The molecule has 1 atom stereocenters. The van der Waals surface area contributed by atoms with E-state index in [2.05, 4.69) is 42.7 Å². The third-order valence-electron chi connectivity index (χ3n) is 6.38. The van der Waals surface area contributed by atoms with Crippen LogP contribution in [0.25, 0.3) is 0 Å². The second kappa shape index (κ2) is 10.1. The van der Waals surface area contributed by atoms with Crippen molar-refractivity contribution in [2.45, 2.75) is 38.1 Å². The maximum absolute atomic E-state index is 13.0. The van der Waals surface area contributed by atoms with Gasteiger partial charge in [-0.25, -0.2) is 0 Å². The third-order valence-corrected chi connectivity index (χ3v) is 6.38. The summed E-state index contributed by atoms with van der Waals surface area (Å²) in [6.45, 7) is 2.76. The zero-order chi connectivity index (χ0) is 20.2. The number of likely N-dealkylation sites (N-methyl/N-ethyl adjacent to an activating group) is 1. The minimum atomic E-state index is 0. The number of anilines is 1. The second-order valence-corrected chi connectivity index (χ2v) is 8.32. The van der Waals surface area contributed by atoms with Crippen LogP contribution < -0.4 is 22.6 Å². The number of nitrogens with one attached hydrogen (secondary N) is 2. The molecule has 0 saturated carbocycles. The van der Waals surface area contributed by atoms with Crippen LogP contribution in [0, 0.1) is 0 Å². The molecule has 30 heavy (non-hydrogen) atoms. The van der Waals surface area contributed by atoms with Gasteiger partial charge < -0.3 is 27.5 Å². The van der Waals surface area contributed by atoms with Gasteiger partial charge in [-0.1, -0.05) is 30.3 Å². The number of rotatable bonds is 5. The number of likely N-dealkylation sites (tertiary alicyclic amines) is 1. The molecule has 160 valence electrons. The Morgan fingerprint density at radius 3 is 2.57 bits per heavy atom. The number of carbonyl (C=O) groups is 2. The summed E-state index contributed by atoms with van der Waals surface area (Å²) in [6, 6.07) is 16.9. The Labute approximate surface area is 184 Å². The molecule has 4 rings (SSSR count). The van der Waals surface area contributed by atoms with Gasteiger partial charge in [-0.05, 0) is 35.7 Å². The van der Waals surface area contributed by atoms with Crippen molar-refractivity contribution < 1.29 is 26.9 Å². The number of amides is 2. The molecule has 2 aliphatic rings. The normalized spacial score (nSPS) is 17.5. The van der Waals surface area contributed by atoms with Crippen LogP contribution in [0.3, 0.4) is 0 Å². The van der Waals surface area contributed by atoms with Crippen molar-refractivity contribution in [2.75, 3.05) is 32.0 Å². The van der Waals surface area contributed by atoms with Crippen LogP contribution in [0.5, 0.6) is 0 Å². The van der Waals surface area contributed by atoms with Crippen LogP contribution >= 0.6 is 0 Å². The smallest absolute Gasteiger partial charge is 0.253 e. The number of quaternary nitrogens is 1. The van der Waals surface area contributed by atoms with Crippen molar-refractivity contribution in [1.29, 1.82) is 0 Å². The van der Waals surface area contributed by atoms with Crippen molar-refractivity contribution in [3.8, 4) is 0 Å². The number of benzene rings is 2. The van der Waals surface area contributed by atoms with Crippen molar-refractivity contribution in [3.63, 3.8) is 0 Å². The summed E-state index contributed by atoms with van der Waals surface area (Å²) in [5.74, 6) is 0.169. The Morgan fingerprint density at radius 1 is 1.10 bits per heavy atom. The Balaban J connectivity index is 0.00000256. The highest BCUT2D eigenvalue weighted by Gasteiger charge is 2.28. The Morgan fingerprint density at radius 2 is 1.83 bits per heavy atom. The number of hydrogen-bond donors (Lipinski definition) is 2. The minimum Gasteiger partial charge on any atom is -1.00 e. The fourth-order valence-electron chi connectivity index (χ4n) is 4.46. The molecule has 2 N–H and O–H groups in total. The number of hydrogen-bond acceptors (Lipinski definition) is 2. The minimum absolute atomic E-state index is 0. The van der Waals surface area contributed by atoms with E-state index in [0.29, 0.717) is 18.9 Å². The first-order chi connectivity index (χ1) is 14.1. The predicted octanol–water partition coefficient (Wildman–Crippen LogP) is -1.06. The van der Waals surface area contributed by atoms with Gasteiger partial charge in [0.15, 0.2) is 0 Å². The maximum atomic E-state index is 13.0. The van der Waals surface area contributed by atoms with Crippen molar-refractivity contribution in [3.05, 3.63) is 65.2 Å². The van der Waals surface area contributed by atoms with E-state index in [1.54, 1.807) is 4.90 Å². The number of nitrogens with zero attached hydrogens (tertiary/aromatic N) is 1. The summed E-state index contributed by atoms with van der Waals surface area (Å²) in [7, 11) is 2.28. The lowest BCUT2D eigenvalue weighted by molar-refractivity contribution is -0.907. The number of fused-ring (bicyclic) bond motifs is 1. The van der Waals surface area contributed by atoms with Gasteiger partial charge >= 0.3 is 0 Å². The van der Waals surface area contributed by atoms with Crippen LogP contribution in [0.2, 0.25) is 0 Å². The molecule has 1 saturated heterocycles. The highest BCUT2D eigenvalue weighted by Crippen LogP contribution is 2.24. The van der Waals surface area contributed by atoms with E-state index in [9.17, 15) is 9.59 Å². The molecule has 2 aromatic carbocycles. The van der Waals surface area contributed by atoms with Crippen molar-refractivity contribution in [2.24, 2.45) is 0 Å². The fourth-order valence-corrected chi connectivity index (χ4v) is 4.46. The second-order valence-electron chi connectivity index (χ2n) is 8.32. The summed E-state index contributed by atoms with van der Waals surface area (Å²) in [4.78, 5) is 28.0. The summed E-state index contributed by atoms with van der Waals surface area (Å²) in [5, 5.41) is 2.88. The van der Waals surface area contributed by atoms with Gasteiger partial charge in [0.2, 0.25) is 5.91 Å². The first-order valence-corrected chi connectivity index (χ1v) is 10.7. The molecular formula is C24H30ClN3O2. The molecular weight excluding hydrogens is 398 g/mol. The number of aryl methyl sites for hydroxylation is 1. The van der Waals surface area contributed by atoms with Gasteiger partial charge in [0, 0.05) is 50.0 Å². The molecule has 2 heterocycles. The first-order valence-electron chi connectivity index (χ1n) is 10.7. The summed E-state index contributed by atoms with van der Waals surface area (Å²) in [6.07, 6.45) is 4.40. The highest BCUT2D eigenvalue weighted by molar-refractivity contribution is 5.98. The van der Waals surface area contributed by atoms with Gasteiger partial charge in [0.05, 0.1) is 19.6 Å². The quantitative estimate of drug-likeness (QED) is 0.639. The molecule has 0 aliphatic carbocycles. The monoisotopic (exact) mass is 427 g/mol. The largest absolute Gasteiger partial charge is 1.00 e. The number of halogens is 1. The van der Waals surface area contributed by atoms with Gasteiger partial charge in [-0.15, -0.1) is 0 Å². The van der Waals surface area contributed by atoms with E-state index in [1.165, 1.54) is 5.56 Å². The lowest BCUT2D eigenvalue weighted by Crippen LogP contribution is -3.13. The molecule has 2 amide bonds. The zero-order valence-electron chi connectivity index (χ0n) is 17.5. The third kappa shape index (κ3) is 5.21. The van der Waals surface area contributed by atoms with Crippen LogP contribution in [-0.4, -0.2) is 49.4 Å². The van der Waals surface area contributed by atoms with Crippen molar-refractivity contribution >= 4 is 17.5 Å². The Hall–Kier alpha value is -2.37. The Kier molecular flexibility index (Phi) is 7.51. The molecule has 0 spiro atoms. The lowest BCUT2D eigenvalue weighted by Gasteiger charge is -2.35. The zero-order valence-corrected chi connectivity index (χ0v) is 18.3. The first kappa shape index (κ1) is 22.3. The van der Waals surface area contributed by atoms with Crippen LogP contribution in [0.1, 0.15) is 40.7 Å². The molecule has 1 fully saturated rings. The SMILES string of the molecule is C[NH+](CCc1ccccc1)C1CCN(C(=O)c2ccc3c(c2)CCC(=O)N3)CC1.[Cl-]. The standard InChI is InChI=1S/C24H29N3O2.ClH/c1-26(14-11-18-5-3-2-4-6-18)21-12-15-27(16-13-21)24(29)20-7-9-22-19(17-20)8-10-23(28)25-22;/h2-7,9,17,21H,8,10-16H2,1H3,(H,25,28);1H. The molecule has 0 aromatic heterocycles. The van der Waals surface area contributed by atoms with E-state index in [-0.39, 0.29) is 24.2 Å². The van der Waals surface area contributed by atoms with Crippen LogP contribution in [0.4, 0.5) is 5.69 Å². The van der Waals surface area contributed by atoms with E-state index in [4.69, 9.17) is 0 Å². The van der Waals surface area contributed by atoms with Gasteiger partial charge in [0.1, 0.15) is 0 Å². The molecule has 0 radical (unpaired) electrons. The fraction of sp³-hybridized carbons (Fsp3) is 0.417. The van der Waals surface area contributed by atoms with Gasteiger partial charge in [-0.2, -0.15) is 0 Å². The molecule has 2 aromatic rings. The number of carbonyl (C=O) groups excluding carboxylic acids is 2. The summed E-state index contributed by atoms with van der Waals surface area (Å²) in [5.41, 5.74) is 4.04. The molecule has 0 bridgehead atoms. The molecule has 2 aliphatic heterocycles. The van der Waals surface area contributed by atoms with Crippen molar-refractivity contribution in [1.82, 2.24) is 4.90 Å². The van der Waals surface area contributed by atoms with E-state index in [1.807, 2.05) is 23.1 Å². The number of piperidine rings is 1. The molecule has 6 heteroatoms. The van der Waals surface area contributed by atoms with E-state index < -0.39 is 0 Å². The van der Waals surface area contributed by atoms with E-state index in [0.717, 1.165) is 55.7 Å². The predicted molar refractivity (Wildman–Crippen MR) is 114 cm³/mol.